The molecule has 0 spiro atoms. The molecule has 1 aromatic heterocycles. The minimum Gasteiger partial charge on any atom is -0.489 e. The molecule has 3 heterocycles. The van der Waals surface area contributed by atoms with E-state index in [2.05, 4.69) is 16.4 Å². The summed E-state index contributed by atoms with van der Waals surface area (Å²) in [5.41, 5.74) is 11.8. The maximum Gasteiger partial charge on any atom is 0.326 e. The van der Waals surface area contributed by atoms with Crippen LogP contribution in [-0.2, 0) is 50.4 Å². The smallest absolute Gasteiger partial charge is 0.326 e. The molecule has 3 atom stereocenters. The van der Waals surface area contributed by atoms with E-state index < -0.39 is 40.1 Å². The Kier molecular flexibility index (Phi) is 12.4. The normalized spacial score (nSPS) is 16.5. The van der Waals surface area contributed by atoms with Crippen molar-refractivity contribution in [2.45, 2.75) is 55.3 Å². The van der Waals surface area contributed by atoms with Crippen LogP contribution in [0.25, 0.3) is 11.1 Å². The molecule has 8 rings (SSSR count). The lowest BCUT2D eigenvalue weighted by Gasteiger charge is -2.38. The zero-order valence-corrected chi connectivity index (χ0v) is 37.3. The van der Waals surface area contributed by atoms with Crippen molar-refractivity contribution < 1.29 is 37.4 Å². The van der Waals surface area contributed by atoms with Gasteiger partial charge >= 0.3 is 5.97 Å². The number of benzene rings is 5. The van der Waals surface area contributed by atoms with Crippen LogP contribution in [0, 0.1) is 18.3 Å². The number of aryl methyl sites for hydroxylation is 1. The molecule has 1 unspecified atom stereocenters. The Morgan fingerprint density at radius 1 is 0.984 bits per heavy atom. The van der Waals surface area contributed by atoms with Gasteiger partial charge in [-0.3, -0.25) is 9.59 Å². The molecular formula is C46H38Cl2N6O8S2. The third-order valence-electron chi connectivity index (χ3n) is 11.1. The Bertz CT molecular complexity index is 2960. The van der Waals surface area contributed by atoms with Crippen LogP contribution in [0.5, 0.6) is 11.5 Å². The lowest BCUT2D eigenvalue weighted by molar-refractivity contribution is -0.142. The molecule has 0 radical (unpaired) electrons. The second-order valence-corrected chi connectivity index (χ2v) is 19.2. The minimum atomic E-state index is -4.43. The number of hydrogen-bond acceptors (Lipinski definition) is 11. The zero-order chi connectivity index (χ0) is 45.4. The summed E-state index contributed by atoms with van der Waals surface area (Å²) >= 11 is 12.9. The predicted octanol–water partition coefficient (Wildman–Crippen LogP) is 7.48. The average Bonchev–Trinajstić information content (AvgIpc) is 3.65. The van der Waals surface area contributed by atoms with Gasteiger partial charge in [0.1, 0.15) is 30.2 Å². The fourth-order valence-electron chi connectivity index (χ4n) is 7.65. The Labute approximate surface area is 382 Å². The number of carboxylic acid groups (broad SMARTS) is 1. The number of thiazole rings is 1. The van der Waals surface area contributed by atoms with Crippen LogP contribution in [0.15, 0.2) is 107 Å². The molecule has 14 nitrogen and oxygen atoms in total. The van der Waals surface area contributed by atoms with Gasteiger partial charge < -0.3 is 30.5 Å². The number of nitrogen functional groups attached to an aromatic ring is 1. The quantitative estimate of drug-likeness (QED) is 0.110. The van der Waals surface area contributed by atoms with Gasteiger partial charge in [-0.25, -0.2) is 18.2 Å². The van der Waals surface area contributed by atoms with E-state index in [1.54, 1.807) is 85.9 Å². The number of nitrogens with two attached hydrogens (primary N) is 1. The summed E-state index contributed by atoms with van der Waals surface area (Å²) in [5.74, 6) is -1.64. The highest BCUT2D eigenvalue weighted by atomic mass is 35.5. The summed E-state index contributed by atoms with van der Waals surface area (Å²) in [5, 5.41) is 22.9. The van der Waals surface area contributed by atoms with Crippen molar-refractivity contribution >= 4 is 73.2 Å². The first kappa shape index (κ1) is 44.1. The van der Waals surface area contributed by atoms with Crippen molar-refractivity contribution in [1.82, 2.24) is 14.6 Å². The van der Waals surface area contributed by atoms with Crippen LogP contribution >= 0.6 is 34.5 Å². The number of amides is 2. The molecule has 326 valence electrons. The molecular weight excluding hydrogens is 900 g/mol. The summed E-state index contributed by atoms with van der Waals surface area (Å²) in [6.45, 7) is 1.45. The Hall–Kier alpha value is -6.48. The van der Waals surface area contributed by atoms with Crippen LogP contribution in [0.4, 0.5) is 10.8 Å². The monoisotopic (exact) mass is 936 g/mol. The van der Waals surface area contributed by atoms with Crippen molar-refractivity contribution in [3.63, 3.8) is 0 Å². The van der Waals surface area contributed by atoms with E-state index in [-0.39, 0.29) is 46.9 Å². The van der Waals surface area contributed by atoms with E-state index in [9.17, 15) is 27.9 Å². The van der Waals surface area contributed by atoms with Gasteiger partial charge in [0, 0.05) is 25.6 Å². The van der Waals surface area contributed by atoms with E-state index >= 15 is 0 Å². The number of aliphatic carboxylic acids is 1. The number of ether oxygens (including phenoxy) is 2. The van der Waals surface area contributed by atoms with E-state index in [0.717, 1.165) is 32.3 Å². The fraction of sp³-hybridized carbons (Fsp3) is 0.196. The average molecular weight is 938 g/mol. The maximum atomic E-state index is 14.5. The molecule has 2 aliphatic rings. The summed E-state index contributed by atoms with van der Waals surface area (Å²) in [6, 6.07) is 28.9. The van der Waals surface area contributed by atoms with Gasteiger partial charge in [0.25, 0.3) is 15.9 Å². The summed E-state index contributed by atoms with van der Waals surface area (Å²) in [6.07, 6.45) is -1.28. The number of nitriles is 1. The highest BCUT2D eigenvalue weighted by molar-refractivity contribution is 7.91. The first-order chi connectivity index (χ1) is 30.6. The third kappa shape index (κ3) is 8.99. The van der Waals surface area contributed by atoms with Crippen molar-refractivity contribution in [1.29, 1.82) is 5.26 Å². The van der Waals surface area contributed by atoms with E-state index in [0.29, 0.717) is 55.0 Å². The van der Waals surface area contributed by atoms with Gasteiger partial charge in [-0.2, -0.15) is 9.57 Å². The predicted molar refractivity (Wildman–Crippen MR) is 242 cm³/mol. The fourth-order valence-corrected chi connectivity index (χ4v) is 10.9. The summed E-state index contributed by atoms with van der Waals surface area (Å²) in [4.78, 5) is 46.3. The Balaban J connectivity index is 1.04. The lowest BCUT2D eigenvalue weighted by Crippen LogP contribution is -2.55. The number of rotatable bonds is 12. The number of halogens is 2. The number of carbonyl (C=O) groups is 3. The standard InChI is InChI=1S/C46H38Cl2N6O8S2/c1-25-45(63-46(50)51-25)64(59,60)54-23-33-21-40-38(53(2)43(56)41(62-40)31-12-14-34(15-13-31)61-24-28-7-16-35(47)36(48)17-28)19-32(33)20-39(54)42(55)52-37(44(57)58)18-26-3-8-29(9-4-26)30-10-5-27(22-49)6-11-30/h3-17,19,21,37,39,41H,18,20,23-24H2,1-2H3,(H2,50,51)(H,52,55)(H,57,58)/t37-,39?,41-/m0/s1. The van der Waals surface area contributed by atoms with Crippen LogP contribution in [0.3, 0.4) is 0 Å². The molecule has 0 saturated heterocycles. The number of sulfonamides is 1. The van der Waals surface area contributed by atoms with Crippen LogP contribution in [-0.4, -0.2) is 59.7 Å². The van der Waals surface area contributed by atoms with E-state index in [1.807, 2.05) is 24.3 Å². The largest absolute Gasteiger partial charge is 0.489 e. The molecule has 0 bridgehead atoms. The van der Waals surface area contributed by atoms with E-state index in [1.165, 1.54) is 11.8 Å². The molecule has 4 N–H and O–H groups in total. The van der Waals surface area contributed by atoms with Crippen molar-refractivity contribution in [2.75, 3.05) is 17.7 Å². The van der Waals surface area contributed by atoms with Crippen LogP contribution < -0.4 is 25.4 Å². The molecule has 18 heteroatoms. The molecule has 2 aliphatic heterocycles. The molecule has 2 amide bonds. The SMILES string of the molecule is Cc1nc(N)sc1S(=O)(=O)N1Cc2cc3c(cc2CC1C(=O)N[C@@H](Cc1ccc(-c2ccc(C#N)cc2)cc1)C(=O)O)N(C)C(=O)[C@H](c1ccc(OCc2ccc(Cl)c(Cl)c2)cc1)O3. The van der Waals surface area contributed by atoms with Gasteiger partial charge in [-0.15, -0.1) is 0 Å². The number of nitrogens with zero attached hydrogens (tertiary/aromatic N) is 4. The van der Waals surface area contributed by atoms with Crippen molar-refractivity contribution in [3.05, 3.63) is 152 Å². The number of anilines is 2. The number of carbonyl (C=O) groups excluding carboxylic acids is 2. The minimum absolute atomic E-state index is 0.0258. The molecule has 64 heavy (non-hydrogen) atoms. The number of likely N-dealkylation sites (N-methyl/N-ethyl adjacent to an activating group) is 1. The van der Waals surface area contributed by atoms with E-state index in [4.69, 9.17) is 43.7 Å². The number of fused-ring (bicyclic) bond motifs is 2. The van der Waals surface area contributed by atoms with Crippen molar-refractivity contribution in [3.8, 4) is 28.7 Å². The molecule has 0 saturated carbocycles. The second-order valence-electron chi connectivity index (χ2n) is 15.3. The number of nitrogens with one attached hydrogen (secondary N) is 1. The van der Waals surface area contributed by atoms with Gasteiger partial charge in [0.2, 0.25) is 12.0 Å². The Morgan fingerprint density at radius 3 is 2.28 bits per heavy atom. The maximum absolute atomic E-state index is 14.5. The molecule has 5 aromatic carbocycles. The summed E-state index contributed by atoms with van der Waals surface area (Å²) < 4.78 is 42.1. The molecule has 0 fully saturated rings. The number of carboxylic acids is 1. The number of hydrogen-bond donors (Lipinski definition) is 3. The first-order valence-electron chi connectivity index (χ1n) is 19.7. The zero-order valence-electron chi connectivity index (χ0n) is 34.1. The van der Waals surface area contributed by atoms with Gasteiger partial charge in [0.15, 0.2) is 9.34 Å². The lowest BCUT2D eigenvalue weighted by atomic mass is 9.93. The third-order valence-corrected chi connectivity index (χ3v) is 15.2. The van der Waals surface area contributed by atoms with Crippen LogP contribution in [0.1, 0.15) is 45.2 Å². The topological polar surface area (TPSA) is 205 Å². The van der Waals surface area contributed by atoms with Crippen LogP contribution in [0.2, 0.25) is 10.0 Å². The Morgan fingerprint density at radius 2 is 1.66 bits per heavy atom. The highest BCUT2D eigenvalue weighted by Gasteiger charge is 2.44. The van der Waals surface area contributed by atoms with Gasteiger partial charge in [0.05, 0.1) is 33.1 Å². The van der Waals surface area contributed by atoms with Gasteiger partial charge in [-0.05, 0) is 95.3 Å². The number of aromatic nitrogens is 1. The highest BCUT2D eigenvalue weighted by Crippen LogP contribution is 2.43. The molecule has 0 aliphatic carbocycles. The van der Waals surface area contributed by atoms with Crippen molar-refractivity contribution in [2.24, 2.45) is 0 Å². The van der Waals surface area contributed by atoms with Gasteiger partial charge in [-0.1, -0.05) is 89.1 Å². The first-order valence-corrected chi connectivity index (χ1v) is 22.7. The summed E-state index contributed by atoms with van der Waals surface area (Å²) in [7, 11) is -2.83. The molecule has 6 aromatic rings. The second kappa shape index (κ2) is 17.9.